The number of carbonyl (C=O) groups excluding carboxylic acids is 1. The van der Waals surface area contributed by atoms with Crippen molar-refractivity contribution in [2.24, 2.45) is 11.0 Å². The summed E-state index contributed by atoms with van der Waals surface area (Å²) in [4.78, 5) is 12.0. The Kier molecular flexibility index (Phi) is 5.20. The van der Waals surface area contributed by atoms with Gasteiger partial charge in [0.1, 0.15) is 0 Å². The number of hydrogen-bond acceptors (Lipinski definition) is 4. The third-order valence-electron chi connectivity index (χ3n) is 4.54. The van der Waals surface area contributed by atoms with Crippen LogP contribution in [0.5, 0.6) is 0 Å². The van der Waals surface area contributed by atoms with Crippen molar-refractivity contribution in [1.82, 2.24) is 9.99 Å². The number of hydrogen-bond donors (Lipinski definition) is 1. The zero-order valence-corrected chi connectivity index (χ0v) is 16.1. The first-order valence-electron chi connectivity index (χ1n) is 8.25. The Morgan fingerprint density at radius 1 is 1.31 bits per heavy atom. The minimum Gasteiger partial charge on any atom is -0.318 e. The molecular weight excluding hydrogens is 374 g/mol. The van der Waals surface area contributed by atoms with E-state index < -0.39 is 15.8 Å². The molecule has 2 aromatic rings. The van der Waals surface area contributed by atoms with Crippen molar-refractivity contribution in [2.45, 2.75) is 20.3 Å². The van der Waals surface area contributed by atoms with Gasteiger partial charge in [-0.05, 0) is 50.6 Å². The lowest BCUT2D eigenvalue weighted by Gasteiger charge is -2.09. The van der Waals surface area contributed by atoms with Crippen LogP contribution in [0.2, 0.25) is 5.02 Å². The number of carbonyl (C=O) groups is 1. The van der Waals surface area contributed by atoms with Gasteiger partial charge in [0.15, 0.2) is 9.84 Å². The predicted molar refractivity (Wildman–Crippen MR) is 103 cm³/mol. The zero-order valence-electron chi connectivity index (χ0n) is 14.6. The number of halogens is 1. The molecule has 1 fully saturated rings. The molecule has 26 heavy (non-hydrogen) atoms. The van der Waals surface area contributed by atoms with E-state index in [9.17, 15) is 13.2 Å². The largest absolute Gasteiger partial charge is 0.318 e. The number of amides is 1. The second kappa shape index (κ2) is 7.25. The van der Waals surface area contributed by atoms with Crippen LogP contribution in [-0.4, -0.2) is 36.6 Å². The Morgan fingerprint density at radius 3 is 2.62 bits per heavy atom. The highest BCUT2D eigenvalue weighted by molar-refractivity contribution is 7.91. The first kappa shape index (κ1) is 18.7. The van der Waals surface area contributed by atoms with Crippen molar-refractivity contribution < 1.29 is 13.2 Å². The Balaban J connectivity index is 1.72. The fourth-order valence-electron chi connectivity index (χ4n) is 3.16. The highest BCUT2D eigenvalue weighted by Gasteiger charge is 2.32. The predicted octanol–water partition coefficient (Wildman–Crippen LogP) is 2.63. The number of nitrogens with zero attached hydrogens (tertiary/aromatic N) is 2. The first-order chi connectivity index (χ1) is 12.3. The minimum atomic E-state index is -3.09. The molecule has 1 unspecified atom stereocenters. The normalized spacial score (nSPS) is 19.1. The highest BCUT2D eigenvalue weighted by atomic mass is 35.5. The maximum atomic E-state index is 12.0. The Hall–Kier alpha value is -2.12. The van der Waals surface area contributed by atoms with Gasteiger partial charge in [0, 0.05) is 27.7 Å². The van der Waals surface area contributed by atoms with Gasteiger partial charge >= 0.3 is 0 Å². The van der Waals surface area contributed by atoms with Crippen LogP contribution in [0.4, 0.5) is 0 Å². The van der Waals surface area contributed by atoms with Gasteiger partial charge in [0.2, 0.25) is 5.91 Å². The van der Waals surface area contributed by atoms with E-state index >= 15 is 0 Å². The molecule has 1 aromatic carbocycles. The van der Waals surface area contributed by atoms with Crippen molar-refractivity contribution in [3.63, 3.8) is 0 Å². The van der Waals surface area contributed by atoms with E-state index in [-0.39, 0.29) is 17.4 Å². The van der Waals surface area contributed by atoms with Crippen molar-refractivity contribution in [3.05, 3.63) is 52.3 Å². The number of benzene rings is 1. The smallest absolute Gasteiger partial charge is 0.244 e. The summed E-state index contributed by atoms with van der Waals surface area (Å²) < 4.78 is 25.0. The van der Waals surface area contributed by atoms with E-state index in [4.69, 9.17) is 11.6 Å². The number of rotatable bonds is 4. The van der Waals surface area contributed by atoms with Crippen LogP contribution in [0.3, 0.4) is 0 Å². The second-order valence-corrected chi connectivity index (χ2v) is 9.14. The summed E-state index contributed by atoms with van der Waals surface area (Å²) in [6, 6.07) is 9.51. The van der Waals surface area contributed by atoms with E-state index in [1.807, 2.05) is 44.2 Å². The van der Waals surface area contributed by atoms with Crippen molar-refractivity contribution >= 4 is 33.6 Å². The van der Waals surface area contributed by atoms with Gasteiger partial charge in [0.05, 0.1) is 23.6 Å². The summed E-state index contributed by atoms with van der Waals surface area (Å²) in [5, 5.41) is 4.68. The number of aromatic nitrogens is 1. The molecule has 0 spiro atoms. The van der Waals surface area contributed by atoms with Gasteiger partial charge in [-0.1, -0.05) is 11.6 Å². The molecule has 3 rings (SSSR count). The molecule has 1 aromatic heterocycles. The van der Waals surface area contributed by atoms with E-state index in [1.54, 1.807) is 6.21 Å². The van der Waals surface area contributed by atoms with Gasteiger partial charge in [0.25, 0.3) is 0 Å². The molecule has 0 radical (unpaired) electrons. The summed E-state index contributed by atoms with van der Waals surface area (Å²) in [7, 11) is -3.09. The third kappa shape index (κ3) is 3.99. The Bertz CT molecular complexity index is 962. The molecule has 1 aliphatic rings. The standard InChI is InChI=1S/C18H20ClN3O3S/c1-12-9-15(13(2)22(12)17-5-3-16(19)4-6-17)10-20-21-18(23)14-7-8-26(24,25)11-14/h3-6,9-10,14H,7-8,11H2,1-2H3,(H,21,23)/b20-10+. The summed E-state index contributed by atoms with van der Waals surface area (Å²) in [5.41, 5.74) is 6.32. The lowest BCUT2D eigenvalue weighted by molar-refractivity contribution is -0.124. The molecule has 0 bridgehead atoms. The highest BCUT2D eigenvalue weighted by Crippen LogP contribution is 2.21. The molecule has 0 saturated carbocycles. The van der Waals surface area contributed by atoms with Gasteiger partial charge in [-0.3, -0.25) is 4.79 Å². The lowest BCUT2D eigenvalue weighted by Crippen LogP contribution is -2.27. The van der Waals surface area contributed by atoms with E-state index in [2.05, 4.69) is 15.1 Å². The fourth-order valence-corrected chi connectivity index (χ4v) is 5.03. The summed E-state index contributed by atoms with van der Waals surface area (Å²) in [5.74, 6) is -0.899. The van der Waals surface area contributed by atoms with E-state index in [1.165, 1.54) is 0 Å². The van der Waals surface area contributed by atoms with Crippen molar-refractivity contribution in [3.8, 4) is 5.69 Å². The minimum absolute atomic E-state index is 0.0665. The number of sulfone groups is 1. The van der Waals surface area contributed by atoms with Crippen LogP contribution in [0.25, 0.3) is 5.69 Å². The topological polar surface area (TPSA) is 80.5 Å². The second-order valence-electron chi connectivity index (χ2n) is 6.47. The fraction of sp³-hybridized carbons (Fsp3) is 0.333. The monoisotopic (exact) mass is 393 g/mol. The average Bonchev–Trinajstić information content (AvgIpc) is 3.08. The van der Waals surface area contributed by atoms with Crippen molar-refractivity contribution in [2.75, 3.05) is 11.5 Å². The molecule has 2 heterocycles. The van der Waals surface area contributed by atoms with Gasteiger partial charge in [-0.15, -0.1) is 0 Å². The van der Waals surface area contributed by atoms with Gasteiger partial charge < -0.3 is 4.57 Å². The molecule has 1 N–H and O–H groups in total. The van der Waals surface area contributed by atoms with Gasteiger partial charge in [-0.25, -0.2) is 13.8 Å². The van der Waals surface area contributed by atoms with Crippen LogP contribution in [0, 0.1) is 19.8 Å². The molecular formula is C18H20ClN3O3S. The lowest BCUT2D eigenvalue weighted by atomic mass is 10.1. The molecule has 1 saturated heterocycles. The Morgan fingerprint density at radius 2 is 2.00 bits per heavy atom. The first-order valence-corrected chi connectivity index (χ1v) is 10.4. The molecule has 1 amide bonds. The number of nitrogens with one attached hydrogen (secondary N) is 1. The van der Waals surface area contributed by atoms with Crippen LogP contribution in [0.1, 0.15) is 23.4 Å². The maximum absolute atomic E-state index is 12.0. The molecule has 0 aliphatic carbocycles. The van der Waals surface area contributed by atoms with Crippen LogP contribution in [-0.2, 0) is 14.6 Å². The summed E-state index contributed by atoms with van der Waals surface area (Å²) in [6.45, 7) is 3.95. The van der Waals surface area contributed by atoms with E-state index in [0.29, 0.717) is 11.4 Å². The SMILES string of the molecule is Cc1cc(/C=N/NC(=O)C2CCS(=O)(=O)C2)c(C)n1-c1ccc(Cl)cc1. The Labute approximate surface area is 157 Å². The van der Waals surface area contributed by atoms with Gasteiger partial charge in [-0.2, -0.15) is 5.10 Å². The molecule has 8 heteroatoms. The quantitative estimate of drug-likeness (QED) is 0.640. The van der Waals surface area contributed by atoms with Crippen LogP contribution in [0.15, 0.2) is 35.4 Å². The summed E-state index contributed by atoms with van der Waals surface area (Å²) >= 11 is 5.95. The molecule has 138 valence electrons. The van der Waals surface area contributed by atoms with E-state index in [0.717, 1.165) is 22.6 Å². The molecule has 1 atom stereocenters. The van der Waals surface area contributed by atoms with Crippen LogP contribution < -0.4 is 5.43 Å². The average molecular weight is 394 g/mol. The number of hydrazone groups is 1. The summed E-state index contributed by atoms with van der Waals surface area (Å²) in [6.07, 6.45) is 1.94. The molecule has 1 aliphatic heterocycles. The number of aryl methyl sites for hydroxylation is 1. The molecule has 6 nitrogen and oxygen atoms in total. The van der Waals surface area contributed by atoms with Crippen LogP contribution >= 0.6 is 11.6 Å². The third-order valence-corrected chi connectivity index (χ3v) is 6.56. The van der Waals surface area contributed by atoms with Crippen molar-refractivity contribution in [1.29, 1.82) is 0 Å². The maximum Gasteiger partial charge on any atom is 0.244 e. The zero-order chi connectivity index (χ0) is 18.9.